The number of hydrogen-bond donors (Lipinski definition) is 5. The molecule has 8 aliphatic rings. The molecule has 15 atom stereocenters. The molecule has 0 unspecified atom stereocenters. The molecule has 1 aliphatic heterocycles. The van der Waals surface area contributed by atoms with Crippen molar-refractivity contribution in [2.45, 2.75) is 142 Å². The maximum atomic E-state index is 14.9. The average molecular weight is 791 g/mol. The first-order valence-electron chi connectivity index (χ1n) is 22.3. The molecule has 8 nitrogen and oxygen atoms in total. The van der Waals surface area contributed by atoms with Crippen molar-refractivity contribution in [1.29, 1.82) is 0 Å². The number of epoxide rings is 1. The van der Waals surface area contributed by atoms with Crippen LogP contribution in [0.4, 0.5) is 5.69 Å². The van der Waals surface area contributed by atoms with Crippen molar-refractivity contribution in [2.24, 2.45) is 51.2 Å². The number of phenols is 1. The number of aliphatic hydroxyl groups excluding tert-OH is 2. The third-order valence-corrected chi connectivity index (χ3v) is 18.1. The maximum absolute atomic E-state index is 14.9. The predicted octanol–water partition coefficient (Wildman–Crippen LogP) is 8.15. The summed E-state index contributed by atoms with van der Waals surface area (Å²) in [5.41, 5.74) is 9.59. The molecule has 2 aromatic carbocycles. The van der Waals surface area contributed by atoms with Crippen LogP contribution in [0.3, 0.4) is 0 Å². The van der Waals surface area contributed by atoms with Gasteiger partial charge in [-0.05, 0) is 146 Å². The number of ketones is 2. The molecule has 2 aromatic rings. The Kier molecular flexibility index (Phi) is 9.41. The van der Waals surface area contributed by atoms with Crippen LogP contribution in [-0.4, -0.2) is 57.8 Å². The zero-order valence-electron chi connectivity index (χ0n) is 35.7. The van der Waals surface area contributed by atoms with Crippen LogP contribution in [0, 0.1) is 51.2 Å². The lowest BCUT2D eigenvalue weighted by Crippen LogP contribution is -2.69. The number of aromatic hydroxyl groups is 1. The number of nitrogens with one attached hydrogen (secondary N) is 1. The second-order valence-corrected chi connectivity index (χ2v) is 21.1. The van der Waals surface area contributed by atoms with Crippen LogP contribution in [0.1, 0.15) is 128 Å². The number of allylic oxidation sites excluding steroid dienone is 4. The minimum Gasteiger partial charge on any atom is -0.508 e. The van der Waals surface area contributed by atoms with Gasteiger partial charge in [-0.15, -0.1) is 0 Å². The van der Waals surface area contributed by atoms with Crippen molar-refractivity contribution < 1.29 is 29.6 Å². The first kappa shape index (κ1) is 40.1. The zero-order valence-corrected chi connectivity index (χ0v) is 35.7. The van der Waals surface area contributed by atoms with Crippen LogP contribution in [0.25, 0.3) is 0 Å². The van der Waals surface area contributed by atoms with Gasteiger partial charge in [-0.3, -0.25) is 9.59 Å². The highest BCUT2D eigenvalue weighted by Gasteiger charge is 2.74. The molecule has 0 radical (unpaired) electrons. The van der Waals surface area contributed by atoms with Gasteiger partial charge in [0.15, 0.2) is 5.78 Å². The number of carbonyl (C=O) groups excluding carboxylic acids is 2. The molecule has 5 fully saturated rings. The fraction of sp³-hybridized carbons (Fsp3) is 0.640. The minimum absolute atomic E-state index is 0.131. The smallest absolute Gasteiger partial charge is 0.159 e. The largest absolute Gasteiger partial charge is 0.508 e. The Hall–Kier alpha value is -3.30. The summed E-state index contributed by atoms with van der Waals surface area (Å²) in [5.74, 6) is 0.305. The highest BCUT2D eigenvalue weighted by Crippen LogP contribution is 2.77. The number of carbonyl (C=O) groups is 2. The number of nitrogens with two attached hydrogens (primary N) is 1. The van der Waals surface area contributed by atoms with E-state index in [4.69, 9.17) is 10.5 Å². The van der Waals surface area contributed by atoms with Crippen molar-refractivity contribution in [3.63, 3.8) is 0 Å². The molecule has 2 bridgehead atoms. The van der Waals surface area contributed by atoms with Crippen molar-refractivity contribution in [3.8, 4) is 5.75 Å². The molecule has 7 aliphatic carbocycles. The number of nitrogen functional groups attached to an aromatic ring is 1. The molecule has 0 spiro atoms. The molecule has 10 rings (SSSR count). The second kappa shape index (κ2) is 13.6. The first-order chi connectivity index (χ1) is 27.4. The van der Waals surface area contributed by atoms with Crippen LogP contribution in [0.2, 0.25) is 0 Å². The van der Waals surface area contributed by atoms with Crippen LogP contribution >= 0.6 is 0 Å². The topological polar surface area (TPSA) is 145 Å². The summed E-state index contributed by atoms with van der Waals surface area (Å²) in [6.07, 6.45) is 9.72. The van der Waals surface area contributed by atoms with E-state index in [-0.39, 0.29) is 47.1 Å². The molecule has 0 aromatic heterocycles. The van der Waals surface area contributed by atoms with Crippen molar-refractivity contribution in [3.05, 3.63) is 82.5 Å². The first-order valence-corrected chi connectivity index (χ1v) is 22.3. The van der Waals surface area contributed by atoms with Gasteiger partial charge in [0.1, 0.15) is 17.6 Å². The van der Waals surface area contributed by atoms with E-state index in [1.807, 2.05) is 19.2 Å². The van der Waals surface area contributed by atoms with Gasteiger partial charge in [0, 0.05) is 35.4 Å². The van der Waals surface area contributed by atoms with Crippen molar-refractivity contribution >= 4 is 17.3 Å². The van der Waals surface area contributed by atoms with Gasteiger partial charge < -0.3 is 31.1 Å². The molecule has 6 N–H and O–H groups in total. The summed E-state index contributed by atoms with van der Waals surface area (Å²) in [6.45, 7) is 13.9. The van der Waals surface area contributed by atoms with E-state index in [0.717, 1.165) is 54.5 Å². The quantitative estimate of drug-likeness (QED) is 0.0973. The Labute approximate surface area is 345 Å². The Bertz CT molecular complexity index is 2090. The van der Waals surface area contributed by atoms with E-state index in [1.165, 1.54) is 11.1 Å². The van der Waals surface area contributed by atoms with Gasteiger partial charge in [0.05, 0.1) is 23.7 Å². The van der Waals surface area contributed by atoms with E-state index >= 15 is 0 Å². The van der Waals surface area contributed by atoms with Crippen LogP contribution in [0.15, 0.2) is 65.8 Å². The summed E-state index contributed by atoms with van der Waals surface area (Å²) in [6, 6.07) is 13.8. The monoisotopic (exact) mass is 790 g/mol. The van der Waals surface area contributed by atoms with Crippen LogP contribution in [-0.2, 0) is 20.9 Å². The third-order valence-electron chi connectivity index (χ3n) is 18.1. The number of rotatable bonds is 9. The van der Waals surface area contributed by atoms with Crippen LogP contribution < -0.4 is 11.1 Å². The maximum Gasteiger partial charge on any atom is 0.159 e. The fourth-order valence-electron chi connectivity index (χ4n) is 15.6. The summed E-state index contributed by atoms with van der Waals surface area (Å²) >= 11 is 0. The van der Waals surface area contributed by atoms with Crippen molar-refractivity contribution in [2.75, 3.05) is 12.8 Å². The third kappa shape index (κ3) is 5.52. The number of phenolic OH excluding ortho intramolecular Hbond substituents is 1. The second-order valence-electron chi connectivity index (χ2n) is 21.1. The molecule has 0 amide bonds. The Morgan fingerprint density at radius 3 is 2.53 bits per heavy atom. The van der Waals surface area contributed by atoms with Gasteiger partial charge in [0.25, 0.3) is 0 Å². The minimum atomic E-state index is -0.775. The SMILES string of the molecule is CNCc1cc(O)cc([C@H]2C(=O)[C@@]3(C)CC=C[C@@H]2[C@@]2(C)[C@H]4CCC5=C([C@H](C)C[C@@H](O)[C@H]6O[C@]6(C)[C@H]6CCC[C@@H]6c6cccc(N)c6)C(=O)C[C@]5(C)[C@@]4(C)C[C@H](O)[C@H]23)c1. The molecule has 8 heteroatoms. The van der Waals surface area contributed by atoms with Crippen molar-refractivity contribution in [1.82, 2.24) is 5.32 Å². The highest BCUT2D eigenvalue weighted by atomic mass is 16.6. The lowest BCUT2D eigenvalue weighted by Gasteiger charge is -2.71. The Balaban J connectivity index is 1.01. The average Bonchev–Trinajstić information content (AvgIpc) is 3.53. The molecule has 4 saturated carbocycles. The predicted molar refractivity (Wildman–Crippen MR) is 226 cm³/mol. The number of hydrogen-bond acceptors (Lipinski definition) is 8. The molecular formula is C50H66N2O6. The highest BCUT2D eigenvalue weighted by molar-refractivity contribution is 6.00. The molecule has 312 valence electrons. The normalized spacial score (nSPS) is 43.8. The van der Waals surface area contributed by atoms with Gasteiger partial charge in [-0.1, -0.05) is 77.0 Å². The van der Waals surface area contributed by atoms with Gasteiger partial charge >= 0.3 is 0 Å². The van der Waals surface area contributed by atoms with E-state index in [9.17, 15) is 24.9 Å². The summed E-state index contributed by atoms with van der Waals surface area (Å²) in [7, 11) is 1.88. The standard InChI is InChI=1S/C50H66N2O6/c1-27(19-37(54)45-50(6,58-45)34-14-9-13-33(34)29-11-8-12-31(51)22-29)41-35-16-17-40-48(4,47(35,3)24-38(41)55)25-39(56)43-46(2)18-10-15-36(49(40,43)5)42(44(46)57)30-20-28(26-52-7)21-32(53)23-30/h8,10-12,15,20-23,27,33-34,36-37,39-40,42-43,45,52-54,56H,9,13-14,16-19,24-26,51H2,1-7H3/t27-,33-,34+,36+,37-,39+,40+,42-,43+,45-,46+,47+,48+,49+,50-/m1/s1. The summed E-state index contributed by atoms with van der Waals surface area (Å²) < 4.78 is 6.47. The number of benzene rings is 2. The Morgan fingerprint density at radius 2 is 1.79 bits per heavy atom. The number of aliphatic hydroxyl groups is 2. The number of ether oxygens (including phenoxy) is 1. The number of fused-ring (bicyclic) bond motifs is 5. The fourth-order valence-corrected chi connectivity index (χ4v) is 15.6. The molecule has 58 heavy (non-hydrogen) atoms. The van der Waals surface area contributed by atoms with E-state index in [1.54, 1.807) is 12.1 Å². The lowest BCUT2D eigenvalue weighted by atomic mass is 9.33. The summed E-state index contributed by atoms with van der Waals surface area (Å²) in [4.78, 5) is 29.4. The van der Waals surface area contributed by atoms with Gasteiger partial charge in [0.2, 0.25) is 0 Å². The van der Waals surface area contributed by atoms with Gasteiger partial charge in [-0.25, -0.2) is 0 Å². The van der Waals surface area contributed by atoms with E-state index in [0.29, 0.717) is 44.1 Å². The molecule has 1 saturated heterocycles. The summed E-state index contributed by atoms with van der Waals surface area (Å²) in [5, 5.41) is 38.5. The lowest BCUT2D eigenvalue weighted by molar-refractivity contribution is -0.231. The Morgan fingerprint density at radius 1 is 1.02 bits per heavy atom. The van der Waals surface area contributed by atoms with Crippen LogP contribution in [0.5, 0.6) is 5.75 Å². The molecule has 1 heterocycles. The van der Waals surface area contributed by atoms with Gasteiger partial charge in [-0.2, -0.15) is 0 Å². The zero-order chi connectivity index (χ0) is 41.3. The van der Waals surface area contributed by atoms with E-state index in [2.05, 4.69) is 77.2 Å². The molecular weight excluding hydrogens is 725 g/mol. The number of Topliss-reactive ketones (excluding diaryl/α,β-unsaturated/α-hetero) is 2. The van der Waals surface area contributed by atoms with E-state index < -0.39 is 45.4 Å². The number of anilines is 1.